The third-order valence-electron chi connectivity index (χ3n) is 5.14. The van der Waals surface area contributed by atoms with Crippen molar-refractivity contribution in [3.05, 3.63) is 58.1 Å². The number of rotatable bonds is 9. The molecule has 1 aliphatic heterocycles. The predicted octanol–water partition coefficient (Wildman–Crippen LogP) is 3.69. The highest BCUT2D eigenvalue weighted by Crippen LogP contribution is 2.28. The molecule has 3 amide bonds. The molecule has 2 N–H and O–H groups in total. The summed E-state index contributed by atoms with van der Waals surface area (Å²) < 4.78 is 10.6. The highest BCUT2D eigenvalue weighted by molar-refractivity contribution is 6.35. The molecule has 1 fully saturated rings. The molecule has 0 saturated carbocycles. The summed E-state index contributed by atoms with van der Waals surface area (Å²) in [7, 11) is 1.60. The van der Waals surface area contributed by atoms with Crippen molar-refractivity contribution in [1.29, 1.82) is 0 Å². The van der Waals surface area contributed by atoms with Gasteiger partial charge in [-0.3, -0.25) is 9.69 Å². The number of carbonyl (C=O) groups excluding carboxylic acids is 2. The second-order valence-corrected chi connectivity index (χ2v) is 8.41. The van der Waals surface area contributed by atoms with Gasteiger partial charge < -0.3 is 19.9 Å². The summed E-state index contributed by atoms with van der Waals surface area (Å²) in [4.78, 5) is 26.3. The van der Waals surface area contributed by atoms with E-state index < -0.39 is 17.7 Å². The summed E-state index contributed by atoms with van der Waals surface area (Å²) >= 11 is 11.9. The highest BCUT2D eigenvalue weighted by atomic mass is 35.5. The Bertz CT molecular complexity index is 953. The van der Waals surface area contributed by atoms with Crippen LogP contribution in [0.25, 0.3) is 0 Å². The zero-order valence-electron chi connectivity index (χ0n) is 17.2. The SMILES string of the molecule is COc1ccc(CCC2(C)NC(=O)N(CC(O)COc3ccc(Cl)cc3Cl)C2=O)cc1. The number of carbonyl (C=O) groups is 2. The number of ether oxygens (including phenoxy) is 2. The van der Waals surface area contributed by atoms with Crippen molar-refractivity contribution in [2.24, 2.45) is 0 Å². The van der Waals surface area contributed by atoms with Crippen molar-refractivity contribution in [2.45, 2.75) is 31.4 Å². The molecule has 0 aromatic heterocycles. The predicted molar refractivity (Wildman–Crippen MR) is 118 cm³/mol. The molecule has 2 atom stereocenters. The van der Waals surface area contributed by atoms with E-state index in [0.29, 0.717) is 28.6 Å². The number of nitrogens with zero attached hydrogens (tertiary/aromatic N) is 1. The van der Waals surface area contributed by atoms with E-state index in [9.17, 15) is 14.7 Å². The summed E-state index contributed by atoms with van der Waals surface area (Å²) in [5.74, 6) is 0.726. The number of benzene rings is 2. The smallest absolute Gasteiger partial charge is 0.325 e. The van der Waals surface area contributed by atoms with Crippen molar-refractivity contribution in [2.75, 3.05) is 20.3 Å². The quantitative estimate of drug-likeness (QED) is 0.550. The minimum absolute atomic E-state index is 0.138. The minimum atomic E-state index is -1.08. The molecule has 0 aliphatic carbocycles. The van der Waals surface area contributed by atoms with E-state index in [1.807, 2.05) is 24.3 Å². The van der Waals surface area contributed by atoms with E-state index in [1.165, 1.54) is 6.07 Å². The lowest BCUT2D eigenvalue weighted by Gasteiger charge is -2.23. The van der Waals surface area contributed by atoms with Gasteiger partial charge in [-0.15, -0.1) is 0 Å². The first-order valence-corrected chi connectivity index (χ1v) is 10.5. The molecule has 7 nitrogen and oxygen atoms in total. The standard InChI is InChI=1S/C22H24Cl2N2O5/c1-22(10-9-14-3-6-17(30-2)7-4-14)20(28)26(21(29)25-22)12-16(27)13-31-19-8-5-15(23)11-18(19)24/h3-8,11,16,27H,9-10,12-13H2,1-2H3,(H,25,29). The number of halogens is 2. The molecule has 1 aliphatic rings. The van der Waals surface area contributed by atoms with Crippen LogP contribution in [0.1, 0.15) is 18.9 Å². The summed E-state index contributed by atoms with van der Waals surface area (Å²) in [5, 5.41) is 13.8. The molecule has 2 unspecified atom stereocenters. The van der Waals surface area contributed by atoms with Crippen molar-refractivity contribution in [3.63, 3.8) is 0 Å². The lowest BCUT2D eigenvalue weighted by Crippen LogP contribution is -2.45. The first kappa shape index (κ1) is 23.2. The van der Waals surface area contributed by atoms with Crippen LogP contribution in [0.3, 0.4) is 0 Å². The van der Waals surface area contributed by atoms with Crippen LogP contribution in [-0.4, -0.2) is 53.8 Å². The summed E-state index contributed by atoms with van der Waals surface area (Å²) in [6.07, 6.45) is -0.0561. The van der Waals surface area contributed by atoms with Gasteiger partial charge >= 0.3 is 6.03 Å². The number of hydrogen-bond acceptors (Lipinski definition) is 5. The van der Waals surface area contributed by atoms with Crippen LogP contribution >= 0.6 is 23.2 Å². The van der Waals surface area contributed by atoms with Gasteiger partial charge in [-0.1, -0.05) is 35.3 Å². The second-order valence-electron chi connectivity index (χ2n) is 7.57. The van der Waals surface area contributed by atoms with Crippen LogP contribution in [0.5, 0.6) is 11.5 Å². The zero-order chi connectivity index (χ0) is 22.6. The third-order valence-corrected chi connectivity index (χ3v) is 5.67. The van der Waals surface area contributed by atoms with Gasteiger partial charge in [0.2, 0.25) is 0 Å². The fraction of sp³-hybridized carbons (Fsp3) is 0.364. The van der Waals surface area contributed by atoms with E-state index in [0.717, 1.165) is 16.2 Å². The number of urea groups is 1. The van der Waals surface area contributed by atoms with Crippen LogP contribution in [0.4, 0.5) is 4.79 Å². The maximum atomic E-state index is 12.9. The normalized spacial score (nSPS) is 19.3. The van der Waals surface area contributed by atoms with Gasteiger partial charge in [-0.05, 0) is 55.7 Å². The molecular weight excluding hydrogens is 443 g/mol. The van der Waals surface area contributed by atoms with Gasteiger partial charge in [0.05, 0.1) is 18.7 Å². The first-order valence-electron chi connectivity index (χ1n) is 9.75. The zero-order valence-corrected chi connectivity index (χ0v) is 18.7. The lowest BCUT2D eigenvalue weighted by atomic mass is 9.93. The third kappa shape index (κ3) is 5.61. The van der Waals surface area contributed by atoms with Crippen LogP contribution < -0.4 is 14.8 Å². The number of methoxy groups -OCH3 is 1. The monoisotopic (exact) mass is 466 g/mol. The van der Waals surface area contributed by atoms with Crippen LogP contribution in [0.2, 0.25) is 10.0 Å². The van der Waals surface area contributed by atoms with Gasteiger partial charge in [0, 0.05) is 5.02 Å². The number of imide groups is 1. The van der Waals surface area contributed by atoms with Crippen molar-refractivity contribution in [3.8, 4) is 11.5 Å². The van der Waals surface area contributed by atoms with Crippen LogP contribution in [-0.2, 0) is 11.2 Å². The Kier molecular flexibility index (Phi) is 7.30. The molecule has 1 saturated heterocycles. The summed E-state index contributed by atoms with van der Waals surface area (Å²) in [5.41, 5.74) is -0.0207. The lowest BCUT2D eigenvalue weighted by molar-refractivity contribution is -0.132. The molecule has 0 bridgehead atoms. The summed E-state index contributed by atoms with van der Waals surface area (Å²) in [6.45, 7) is 1.36. The Labute approximate surface area is 190 Å². The molecule has 0 radical (unpaired) electrons. The van der Waals surface area contributed by atoms with Crippen molar-refractivity contribution >= 4 is 35.1 Å². The van der Waals surface area contributed by atoms with Gasteiger partial charge in [0.25, 0.3) is 5.91 Å². The first-order chi connectivity index (χ1) is 14.7. The second kappa shape index (κ2) is 9.77. The topological polar surface area (TPSA) is 88.1 Å². The number of aliphatic hydroxyl groups excluding tert-OH is 1. The largest absolute Gasteiger partial charge is 0.497 e. The van der Waals surface area contributed by atoms with E-state index in [1.54, 1.807) is 26.2 Å². The van der Waals surface area contributed by atoms with Gasteiger partial charge in [0.1, 0.15) is 29.7 Å². The number of amides is 3. The molecular formula is C22H24Cl2N2O5. The Morgan fingerprint density at radius 1 is 1.16 bits per heavy atom. The average Bonchev–Trinajstić information content (AvgIpc) is 2.95. The Morgan fingerprint density at radius 3 is 2.52 bits per heavy atom. The van der Waals surface area contributed by atoms with Crippen LogP contribution in [0, 0.1) is 0 Å². The number of nitrogens with one attached hydrogen (secondary N) is 1. The maximum absolute atomic E-state index is 12.9. The number of aryl methyl sites for hydroxylation is 1. The molecule has 2 aromatic carbocycles. The van der Waals surface area contributed by atoms with E-state index >= 15 is 0 Å². The molecule has 2 aromatic rings. The molecule has 3 rings (SSSR count). The highest BCUT2D eigenvalue weighted by Gasteiger charge is 2.47. The van der Waals surface area contributed by atoms with E-state index in [4.69, 9.17) is 32.7 Å². The fourth-order valence-corrected chi connectivity index (χ4v) is 3.77. The molecule has 166 valence electrons. The number of hydrogen-bond donors (Lipinski definition) is 2. The minimum Gasteiger partial charge on any atom is -0.497 e. The van der Waals surface area contributed by atoms with Crippen LogP contribution in [0.15, 0.2) is 42.5 Å². The Hall–Kier alpha value is -2.48. The van der Waals surface area contributed by atoms with E-state index in [-0.39, 0.29) is 19.1 Å². The molecule has 9 heteroatoms. The molecule has 1 heterocycles. The van der Waals surface area contributed by atoms with E-state index in [2.05, 4.69) is 5.32 Å². The van der Waals surface area contributed by atoms with Gasteiger partial charge in [0.15, 0.2) is 0 Å². The molecule has 0 spiro atoms. The summed E-state index contributed by atoms with van der Waals surface area (Å²) in [6, 6.07) is 11.7. The van der Waals surface area contributed by atoms with Crippen molar-refractivity contribution in [1.82, 2.24) is 10.2 Å². The van der Waals surface area contributed by atoms with Crippen molar-refractivity contribution < 1.29 is 24.2 Å². The fourth-order valence-electron chi connectivity index (χ4n) is 3.31. The Morgan fingerprint density at radius 2 is 1.87 bits per heavy atom. The number of β-amino-alcohol motifs (C(OH)–C–C–N with tert-alkyl or cyclic N) is 1. The number of aliphatic hydroxyl groups is 1. The average molecular weight is 467 g/mol. The van der Waals surface area contributed by atoms with Gasteiger partial charge in [-0.2, -0.15) is 0 Å². The molecule has 31 heavy (non-hydrogen) atoms. The van der Waals surface area contributed by atoms with Gasteiger partial charge in [-0.25, -0.2) is 4.79 Å². The maximum Gasteiger partial charge on any atom is 0.325 e. The Balaban J connectivity index is 1.55.